The van der Waals surface area contributed by atoms with Crippen molar-refractivity contribution in [1.29, 1.82) is 0 Å². The largest absolute Gasteiger partial charge is 0.504 e. The molecule has 1 N–H and O–H groups in total. The molecule has 3 aliphatic rings. The highest BCUT2D eigenvalue weighted by Gasteiger charge is 2.57. The van der Waals surface area contributed by atoms with Crippen LogP contribution in [0.25, 0.3) is 0 Å². The monoisotopic (exact) mass is 635 g/mol. The summed E-state index contributed by atoms with van der Waals surface area (Å²) in [6.07, 6.45) is -4.69. The number of halogens is 3. The molecule has 3 aliphatic heterocycles. The van der Waals surface area contributed by atoms with Crippen LogP contribution in [0.3, 0.4) is 0 Å². The number of alkyl halides is 3. The van der Waals surface area contributed by atoms with E-state index >= 15 is 0 Å². The summed E-state index contributed by atoms with van der Waals surface area (Å²) < 4.78 is 52.3. The summed E-state index contributed by atoms with van der Waals surface area (Å²) in [5.41, 5.74) is -0.779. The summed E-state index contributed by atoms with van der Waals surface area (Å²) in [4.78, 5) is 56.5. The fourth-order valence-electron chi connectivity index (χ4n) is 5.63. The second-order valence-electron chi connectivity index (χ2n) is 10.1. The lowest BCUT2D eigenvalue weighted by Gasteiger charge is -2.31. The van der Waals surface area contributed by atoms with Crippen LogP contribution in [0.15, 0.2) is 52.3 Å². The van der Waals surface area contributed by atoms with Crippen LogP contribution in [0.1, 0.15) is 21.9 Å². The number of benzene rings is 2. The summed E-state index contributed by atoms with van der Waals surface area (Å²) in [6.45, 7) is 1.18. The van der Waals surface area contributed by atoms with Crippen molar-refractivity contribution in [2.24, 2.45) is 5.92 Å². The minimum Gasteiger partial charge on any atom is -0.504 e. The zero-order valence-electron chi connectivity index (χ0n) is 22.5. The minimum atomic E-state index is -4.69. The lowest BCUT2D eigenvalue weighted by molar-refractivity contribution is -0.138. The molecule has 6 rings (SSSR count). The number of hydrogen-bond acceptors (Lipinski definition) is 9. The van der Waals surface area contributed by atoms with Crippen molar-refractivity contribution in [2.45, 2.75) is 28.9 Å². The van der Waals surface area contributed by atoms with Crippen LogP contribution in [0, 0.1) is 5.92 Å². The Hall–Kier alpha value is -3.82. The van der Waals surface area contributed by atoms with Crippen molar-refractivity contribution in [1.82, 2.24) is 9.47 Å². The van der Waals surface area contributed by atoms with Gasteiger partial charge >= 0.3 is 11.0 Å². The molecule has 0 aliphatic carbocycles. The zero-order chi connectivity index (χ0) is 30.6. The van der Waals surface area contributed by atoms with Crippen molar-refractivity contribution < 1.29 is 42.1 Å². The Morgan fingerprint density at radius 1 is 1.09 bits per heavy atom. The standard InChI is InChI=1S/C28H24F3N3O7S2/c1-40-18-11-14(5-6-17(18)35)20-21-22(25(38)34(24(21)37)16-4-2-3-15(12-16)28(29,30)31)42-26-23(20)43-27(39)33(26)13-19(36)32-7-9-41-10-8-32/h2-6,11-12,20-22,35H,7-10,13H2,1H3/t20-,21?,22?/m0/s1. The highest BCUT2D eigenvalue weighted by Crippen LogP contribution is 2.54. The number of morpholine rings is 1. The smallest absolute Gasteiger partial charge is 0.416 e. The number of carbonyl (C=O) groups excluding carboxylic acids is 3. The molecule has 2 aromatic carbocycles. The summed E-state index contributed by atoms with van der Waals surface area (Å²) in [7, 11) is 1.34. The minimum absolute atomic E-state index is 0.0922. The van der Waals surface area contributed by atoms with Crippen LogP contribution < -0.4 is 14.5 Å². The van der Waals surface area contributed by atoms with Gasteiger partial charge in [0.05, 0.1) is 42.5 Å². The van der Waals surface area contributed by atoms with Crippen molar-refractivity contribution in [3.05, 3.63) is 68.1 Å². The van der Waals surface area contributed by atoms with Crippen molar-refractivity contribution >= 4 is 46.5 Å². The van der Waals surface area contributed by atoms with E-state index in [0.717, 1.165) is 46.2 Å². The van der Waals surface area contributed by atoms with Gasteiger partial charge in [-0.15, -0.1) is 0 Å². The molecule has 4 heterocycles. The zero-order valence-corrected chi connectivity index (χ0v) is 24.1. The molecule has 3 amide bonds. The van der Waals surface area contributed by atoms with Gasteiger partial charge in [0.15, 0.2) is 11.5 Å². The molecule has 15 heteroatoms. The van der Waals surface area contributed by atoms with Gasteiger partial charge in [0.2, 0.25) is 17.7 Å². The molecule has 3 atom stereocenters. The summed E-state index contributed by atoms with van der Waals surface area (Å²) >= 11 is 1.80. The quantitative estimate of drug-likeness (QED) is 0.425. The third-order valence-electron chi connectivity index (χ3n) is 7.70. The molecular formula is C28H24F3N3O7S2. The van der Waals surface area contributed by atoms with Gasteiger partial charge in [0.1, 0.15) is 11.8 Å². The molecule has 0 radical (unpaired) electrons. The Labute approximate surface area is 250 Å². The Morgan fingerprint density at radius 2 is 1.84 bits per heavy atom. The fraction of sp³-hybridized carbons (Fsp3) is 0.357. The molecule has 226 valence electrons. The van der Waals surface area contributed by atoms with E-state index in [1.165, 1.54) is 35.9 Å². The topological polar surface area (TPSA) is 118 Å². The van der Waals surface area contributed by atoms with Crippen LogP contribution in [0.2, 0.25) is 0 Å². The molecule has 0 saturated carbocycles. The second kappa shape index (κ2) is 11.0. The number of thiazole rings is 1. The number of amides is 3. The SMILES string of the molecule is COc1cc([C@@H]2c3sc(=O)n(CC(=O)N4CCOCC4)c3SC3C(=O)N(c4cccc(C(F)(F)F)c4)C(=O)C32)ccc1O. The number of methoxy groups -OCH3 is 1. The molecule has 3 aromatic rings. The number of thioether (sulfide) groups is 1. The van der Waals surface area contributed by atoms with Crippen molar-refractivity contribution in [2.75, 3.05) is 38.3 Å². The van der Waals surface area contributed by atoms with E-state index in [-0.39, 0.29) is 29.6 Å². The number of imide groups is 1. The highest BCUT2D eigenvalue weighted by atomic mass is 32.2. The van der Waals surface area contributed by atoms with E-state index in [2.05, 4.69) is 0 Å². The van der Waals surface area contributed by atoms with Gasteiger partial charge in [-0.2, -0.15) is 13.2 Å². The first-order chi connectivity index (χ1) is 20.5. The van der Waals surface area contributed by atoms with Gasteiger partial charge in [-0.3, -0.25) is 23.7 Å². The number of fused-ring (bicyclic) bond motifs is 2. The predicted octanol–water partition coefficient (Wildman–Crippen LogP) is 3.30. The van der Waals surface area contributed by atoms with Crippen LogP contribution >= 0.6 is 23.1 Å². The Kier molecular flexibility index (Phi) is 7.50. The predicted molar refractivity (Wildman–Crippen MR) is 150 cm³/mol. The molecule has 1 aromatic heterocycles. The average molecular weight is 636 g/mol. The van der Waals surface area contributed by atoms with Crippen LogP contribution in [-0.2, 0) is 31.8 Å². The molecule has 43 heavy (non-hydrogen) atoms. The number of nitrogens with zero attached hydrogens (tertiary/aromatic N) is 3. The molecule has 0 spiro atoms. The van der Waals surface area contributed by atoms with E-state index in [4.69, 9.17) is 9.47 Å². The molecule has 2 saturated heterocycles. The molecule has 2 unspecified atom stereocenters. The normalized spacial score (nSPS) is 22.0. The van der Waals surface area contributed by atoms with Crippen molar-refractivity contribution in [3.8, 4) is 11.5 Å². The second-order valence-corrected chi connectivity index (χ2v) is 12.3. The number of aromatic nitrogens is 1. The molecule has 10 nitrogen and oxygen atoms in total. The third-order valence-corrected chi connectivity index (χ3v) is 10.3. The number of ether oxygens (including phenoxy) is 2. The maximum atomic E-state index is 14.0. The Balaban J connectivity index is 1.45. The van der Waals surface area contributed by atoms with Gasteiger partial charge in [0, 0.05) is 23.9 Å². The van der Waals surface area contributed by atoms with Crippen molar-refractivity contribution in [3.63, 3.8) is 0 Å². The Morgan fingerprint density at radius 3 is 2.53 bits per heavy atom. The van der Waals surface area contributed by atoms with Crippen LogP contribution in [0.5, 0.6) is 11.5 Å². The Bertz CT molecular complexity index is 1680. The van der Waals surface area contributed by atoms with Crippen LogP contribution in [-0.4, -0.2) is 71.0 Å². The molecular weight excluding hydrogens is 611 g/mol. The fourth-order valence-corrected chi connectivity index (χ4v) is 8.40. The summed E-state index contributed by atoms with van der Waals surface area (Å²) in [5.74, 6) is -3.82. The summed E-state index contributed by atoms with van der Waals surface area (Å²) in [5, 5.41) is 9.45. The highest BCUT2D eigenvalue weighted by molar-refractivity contribution is 8.00. The summed E-state index contributed by atoms with van der Waals surface area (Å²) in [6, 6.07) is 8.39. The third kappa shape index (κ3) is 5.08. The average Bonchev–Trinajstić information content (AvgIpc) is 3.43. The molecule has 2 fully saturated rings. The van der Waals surface area contributed by atoms with E-state index < -0.39 is 45.5 Å². The number of phenols is 1. The number of anilines is 1. The number of rotatable bonds is 5. The lowest BCUT2D eigenvalue weighted by Crippen LogP contribution is -2.43. The number of hydrogen-bond donors (Lipinski definition) is 1. The number of carbonyl (C=O) groups is 3. The first-order valence-corrected chi connectivity index (χ1v) is 14.9. The first kappa shape index (κ1) is 29.3. The van der Waals surface area contributed by atoms with Gasteiger partial charge in [0.25, 0.3) is 0 Å². The maximum Gasteiger partial charge on any atom is 0.416 e. The number of aromatic hydroxyl groups is 1. The first-order valence-electron chi connectivity index (χ1n) is 13.2. The van der Waals surface area contributed by atoms with Gasteiger partial charge in [-0.25, -0.2) is 4.90 Å². The lowest BCUT2D eigenvalue weighted by atomic mass is 9.83. The molecule has 0 bridgehead atoms. The maximum absolute atomic E-state index is 14.0. The van der Waals surface area contributed by atoms with E-state index in [1.807, 2.05) is 0 Å². The van der Waals surface area contributed by atoms with Gasteiger partial charge < -0.3 is 19.5 Å². The van der Waals surface area contributed by atoms with E-state index in [9.17, 15) is 37.5 Å². The van der Waals surface area contributed by atoms with E-state index in [1.54, 1.807) is 4.90 Å². The van der Waals surface area contributed by atoms with E-state index in [0.29, 0.717) is 41.8 Å². The van der Waals surface area contributed by atoms with Crippen LogP contribution in [0.4, 0.5) is 18.9 Å². The van der Waals surface area contributed by atoms with Gasteiger partial charge in [-0.05, 0) is 35.9 Å². The van der Waals surface area contributed by atoms with Gasteiger partial charge in [-0.1, -0.05) is 35.2 Å². The number of phenolic OH excluding ortho intramolecular Hbond substituents is 1.